The highest BCUT2D eigenvalue weighted by molar-refractivity contribution is 6.04. The molecule has 0 bridgehead atoms. The largest absolute Gasteiger partial charge is 0.302 e. The average Bonchev–Trinajstić information content (AvgIpc) is 2.97. The van der Waals surface area contributed by atoms with Gasteiger partial charge in [0.2, 0.25) is 0 Å². The van der Waals surface area contributed by atoms with E-state index in [1.165, 1.54) is 11.6 Å². The Labute approximate surface area is 122 Å². The second-order valence-corrected chi connectivity index (χ2v) is 5.13. The molecule has 1 unspecified atom stereocenters. The van der Waals surface area contributed by atoms with Crippen LogP contribution in [0.15, 0.2) is 53.6 Å². The Morgan fingerprint density at radius 3 is 2.62 bits per heavy atom. The SMILES string of the molecule is Cc1ccc(C2CC(c3ccccc3[N+](=O)[O-])=NN2)cc1. The molecule has 0 fully saturated rings. The minimum atomic E-state index is -0.364. The average molecular weight is 281 g/mol. The lowest BCUT2D eigenvalue weighted by atomic mass is 9.98. The van der Waals surface area contributed by atoms with Crippen LogP contribution in [-0.4, -0.2) is 10.6 Å². The fourth-order valence-electron chi connectivity index (χ4n) is 2.48. The van der Waals surface area contributed by atoms with E-state index in [9.17, 15) is 10.1 Å². The van der Waals surface area contributed by atoms with Crippen molar-refractivity contribution in [3.8, 4) is 0 Å². The van der Waals surface area contributed by atoms with Crippen molar-refractivity contribution in [1.29, 1.82) is 0 Å². The van der Waals surface area contributed by atoms with Crippen molar-refractivity contribution in [3.05, 3.63) is 75.3 Å². The van der Waals surface area contributed by atoms with Gasteiger partial charge in [-0.25, -0.2) is 0 Å². The Morgan fingerprint density at radius 2 is 1.90 bits per heavy atom. The van der Waals surface area contributed by atoms with E-state index in [1.807, 2.05) is 6.92 Å². The minimum absolute atomic E-state index is 0.0698. The van der Waals surface area contributed by atoms with E-state index in [4.69, 9.17) is 0 Å². The van der Waals surface area contributed by atoms with Crippen LogP contribution in [0.2, 0.25) is 0 Å². The molecule has 106 valence electrons. The summed E-state index contributed by atoms with van der Waals surface area (Å²) in [5.74, 6) is 0. The van der Waals surface area contributed by atoms with Gasteiger partial charge in [-0.3, -0.25) is 10.1 Å². The number of hydrogen-bond acceptors (Lipinski definition) is 4. The highest BCUT2D eigenvalue weighted by Crippen LogP contribution is 2.28. The molecule has 0 radical (unpaired) electrons. The summed E-state index contributed by atoms with van der Waals surface area (Å²) in [5, 5.41) is 15.4. The summed E-state index contributed by atoms with van der Waals surface area (Å²) >= 11 is 0. The second-order valence-electron chi connectivity index (χ2n) is 5.13. The smallest absolute Gasteiger partial charge is 0.278 e. The lowest BCUT2D eigenvalue weighted by Crippen LogP contribution is -2.10. The lowest BCUT2D eigenvalue weighted by molar-refractivity contribution is -0.385. The number of aryl methyl sites for hydroxylation is 1. The number of rotatable bonds is 3. The van der Waals surface area contributed by atoms with Crippen LogP contribution in [0.4, 0.5) is 5.69 Å². The quantitative estimate of drug-likeness (QED) is 0.693. The maximum absolute atomic E-state index is 11.1. The Balaban J connectivity index is 1.84. The van der Waals surface area contributed by atoms with E-state index in [1.54, 1.807) is 18.2 Å². The molecule has 1 aliphatic rings. The van der Waals surface area contributed by atoms with Gasteiger partial charge in [0.15, 0.2) is 0 Å². The molecule has 0 aromatic heterocycles. The Hall–Kier alpha value is -2.69. The van der Waals surface area contributed by atoms with Crippen LogP contribution in [0.25, 0.3) is 0 Å². The summed E-state index contributed by atoms with van der Waals surface area (Å²) in [6.45, 7) is 2.04. The summed E-state index contributed by atoms with van der Waals surface area (Å²) in [4.78, 5) is 10.7. The minimum Gasteiger partial charge on any atom is -0.302 e. The fourth-order valence-corrected chi connectivity index (χ4v) is 2.48. The summed E-state index contributed by atoms with van der Waals surface area (Å²) in [6, 6.07) is 15.0. The molecular formula is C16H15N3O2. The molecule has 0 spiro atoms. The Kier molecular flexibility index (Phi) is 3.39. The van der Waals surface area contributed by atoms with Crippen LogP contribution in [0.1, 0.15) is 29.2 Å². The number of nitro benzene ring substituents is 1. The van der Waals surface area contributed by atoms with Crippen LogP contribution >= 0.6 is 0 Å². The van der Waals surface area contributed by atoms with E-state index in [2.05, 4.69) is 34.8 Å². The van der Waals surface area contributed by atoms with Gasteiger partial charge in [-0.15, -0.1) is 0 Å². The molecule has 2 aromatic rings. The van der Waals surface area contributed by atoms with E-state index < -0.39 is 0 Å². The van der Waals surface area contributed by atoms with Crippen LogP contribution < -0.4 is 5.43 Å². The van der Waals surface area contributed by atoms with E-state index >= 15 is 0 Å². The number of hydrazone groups is 1. The maximum atomic E-state index is 11.1. The van der Waals surface area contributed by atoms with Crippen molar-refractivity contribution >= 4 is 11.4 Å². The van der Waals surface area contributed by atoms with E-state index in [0.717, 1.165) is 11.3 Å². The summed E-state index contributed by atoms with van der Waals surface area (Å²) in [7, 11) is 0. The standard InChI is InChI=1S/C16H15N3O2/c1-11-6-8-12(9-7-11)14-10-15(18-17-14)13-4-2-3-5-16(13)19(20)21/h2-9,14,17H,10H2,1H3. The van der Waals surface area contributed by atoms with Crippen LogP contribution in [0.3, 0.4) is 0 Å². The van der Waals surface area contributed by atoms with Crippen LogP contribution in [0.5, 0.6) is 0 Å². The molecular weight excluding hydrogens is 266 g/mol. The number of hydrogen-bond donors (Lipinski definition) is 1. The highest BCUT2D eigenvalue weighted by atomic mass is 16.6. The lowest BCUT2D eigenvalue weighted by Gasteiger charge is -2.10. The molecule has 1 N–H and O–H groups in total. The molecule has 0 saturated carbocycles. The number of benzene rings is 2. The molecule has 21 heavy (non-hydrogen) atoms. The molecule has 5 heteroatoms. The summed E-state index contributed by atoms with van der Waals surface area (Å²) in [6.07, 6.45) is 0.647. The maximum Gasteiger partial charge on any atom is 0.278 e. The van der Waals surface area contributed by atoms with Gasteiger partial charge >= 0.3 is 0 Å². The Bertz CT molecular complexity index is 708. The van der Waals surface area contributed by atoms with Gasteiger partial charge in [0, 0.05) is 12.5 Å². The summed E-state index contributed by atoms with van der Waals surface area (Å²) < 4.78 is 0. The molecule has 3 rings (SSSR count). The third-order valence-electron chi connectivity index (χ3n) is 3.64. The topological polar surface area (TPSA) is 67.5 Å². The first kappa shape index (κ1) is 13.3. The van der Waals surface area contributed by atoms with Gasteiger partial charge in [-0.2, -0.15) is 5.10 Å². The van der Waals surface area contributed by atoms with Crippen molar-refractivity contribution in [2.24, 2.45) is 5.10 Å². The molecule has 1 atom stereocenters. The molecule has 0 amide bonds. The van der Waals surface area contributed by atoms with Crippen molar-refractivity contribution < 1.29 is 4.92 Å². The van der Waals surface area contributed by atoms with Crippen LogP contribution in [-0.2, 0) is 0 Å². The van der Waals surface area contributed by atoms with Gasteiger partial charge in [-0.05, 0) is 18.6 Å². The van der Waals surface area contributed by atoms with Gasteiger partial charge in [0.05, 0.1) is 22.2 Å². The van der Waals surface area contributed by atoms with E-state index in [-0.39, 0.29) is 16.7 Å². The van der Waals surface area contributed by atoms with Crippen molar-refractivity contribution in [1.82, 2.24) is 5.43 Å². The normalized spacial score (nSPS) is 17.2. The molecule has 5 nitrogen and oxygen atoms in total. The molecule has 1 heterocycles. The number of nitrogens with one attached hydrogen (secondary N) is 1. The molecule has 0 saturated heterocycles. The molecule has 2 aromatic carbocycles. The van der Waals surface area contributed by atoms with Crippen LogP contribution in [0, 0.1) is 17.0 Å². The number of nitrogens with zero attached hydrogens (tertiary/aromatic N) is 2. The molecule has 1 aliphatic heterocycles. The number of para-hydroxylation sites is 1. The van der Waals surface area contributed by atoms with E-state index in [0.29, 0.717) is 12.0 Å². The van der Waals surface area contributed by atoms with Gasteiger partial charge in [0.25, 0.3) is 5.69 Å². The first-order chi connectivity index (χ1) is 10.1. The van der Waals surface area contributed by atoms with Gasteiger partial charge in [0.1, 0.15) is 0 Å². The third kappa shape index (κ3) is 2.63. The van der Waals surface area contributed by atoms with Crippen molar-refractivity contribution in [3.63, 3.8) is 0 Å². The van der Waals surface area contributed by atoms with Gasteiger partial charge in [-0.1, -0.05) is 42.0 Å². The second kappa shape index (κ2) is 5.36. The zero-order valence-electron chi connectivity index (χ0n) is 11.6. The van der Waals surface area contributed by atoms with Gasteiger partial charge < -0.3 is 5.43 Å². The monoisotopic (exact) mass is 281 g/mol. The predicted octanol–water partition coefficient (Wildman–Crippen LogP) is 3.34. The molecule has 0 aliphatic carbocycles. The fraction of sp³-hybridized carbons (Fsp3) is 0.188. The summed E-state index contributed by atoms with van der Waals surface area (Å²) in [5.41, 5.74) is 6.83. The third-order valence-corrected chi connectivity index (χ3v) is 3.64. The first-order valence-electron chi connectivity index (χ1n) is 6.77. The van der Waals surface area contributed by atoms with Crippen molar-refractivity contribution in [2.45, 2.75) is 19.4 Å². The first-order valence-corrected chi connectivity index (χ1v) is 6.77. The Morgan fingerprint density at radius 1 is 1.19 bits per heavy atom. The predicted molar refractivity (Wildman–Crippen MR) is 81.3 cm³/mol. The highest BCUT2D eigenvalue weighted by Gasteiger charge is 2.25. The number of nitro groups is 1. The van der Waals surface area contributed by atoms with Crippen molar-refractivity contribution in [2.75, 3.05) is 0 Å². The zero-order chi connectivity index (χ0) is 14.8. The zero-order valence-corrected chi connectivity index (χ0v) is 11.6.